The lowest BCUT2D eigenvalue weighted by atomic mass is 10.2. The maximum atomic E-state index is 13.2. The van der Waals surface area contributed by atoms with Gasteiger partial charge in [0.1, 0.15) is 5.03 Å². The zero-order valence-corrected chi connectivity index (χ0v) is 9.18. The smallest absolute Gasteiger partial charge is 0.210 e. The largest absolute Gasteiger partial charge is 0.214 e. The molecule has 1 heterocycles. The van der Waals surface area contributed by atoms with Crippen molar-refractivity contribution in [3.63, 3.8) is 0 Å². The molecule has 2 rings (SSSR count). The third kappa shape index (κ3) is 2.79. The van der Waals surface area contributed by atoms with Crippen LogP contribution in [0.2, 0.25) is 0 Å². The first-order valence-electron chi connectivity index (χ1n) is 4.74. The van der Waals surface area contributed by atoms with E-state index in [-0.39, 0.29) is 5.03 Å². The van der Waals surface area contributed by atoms with E-state index < -0.39 is 11.8 Å². The Morgan fingerprint density at radius 1 is 1.00 bits per heavy atom. The van der Waals surface area contributed by atoms with Gasteiger partial charge >= 0.3 is 0 Å². The Kier molecular flexibility index (Phi) is 3.51. The molecular weight excluding hydrogens is 228 g/mol. The second-order valence-corrected chi connectivity index (χ2v) is 4.16. The number of rotatable bonds is 3. The predicted octanol–water partition coefficient (Wildman–Crippen LogP) is 3.65. The number of benzene rings is 1. The Bertz CT molecular complexity index is 474. The van der Waals surface area contributed by atoms with E-state index in [0.29, 0.717) is 5.75 Å². The fourth-order valence-corrected chi connectivity index (χ4v) is 2.08. The minimum atomic E-state index is -0.656. The summed E-state index contributed by atoms with van der Waals surface area (Å²) in [6.45, 7) is 0. The number of aromatic nitrogens is 1. The molecule has 1 aromatic heterocycles. The molecular formula is C12H9F2NS. The van der Waals surface area contributed by atoms with Crippen LogP contribution in [0.1, 0.15) is 5.56 Å². The molecule has 0 amide bonds. The van der Waals surface area contributed by atoms with E-state index >= 15 is 0 Å². The molecule has 0 unspecified atom stereocenters. The van der Waals surface area contributed by atoms with Gasteiger partial charge in [-0.25, -0.2) is 9.37 Å². The molecule has 0 aliphatic rings. The number of hydrogen-bond acceptors (Lipinski definition) is 2. The number of thioether (sulfide) groups is 1. The van der Waals surface area contributed by atoms with Crippen LogP contribution in [0, 0.1) is 11.8 Å². The summed E-state index contributed by atoms with van der Waals surface area (Å²) in [5, 5.41) is 0.101. The average Bonchev–Trinajstić information content (AvgIpc) is 2.32. The quantitative estimate of drug-likeness (QED) is 0.597. The maximum Gasteiger partial charge on any atom is 0.214 e. The second kappa shape index (κ2) is 5.07. The Hall–Kier alpha value is -1.42. The van der Waals surface area contributed by atoms with Gasteiger partial charge in [-0.05, 0) is 17.7 Å². The van der Waals surface area contributed by atoms with Gasteiger partial charge in [-0.1, -0.05) is 42.1 Å². The van der Waals surface area contributed by atoms with Crippen LogP contribution in [0.4, 0.5) is 8.78 Å². The summed E-state index contributed by atoms with van der Waals surface area (Å²) in [6.07, 6.45) is 0. The molecule has 2 aromatic rings. The topological polar surface area (TPSA) is 12.9 Å². The van der Waals surface area contributed by atoms with E-state index in [1.54, 1.807) is 0 Å². The molecule has 0 spiro atoms. The van der Waals surface area contributed by atoms with Crippen molar-refractivity contribution in [3.05, 3.63) is 59.8 Å². The lowest BCUT2D eigenvalue weighted by Gasteiger charge is -2.02. The van der Waals surface area contributed by atoms with Crippen molar-refractivity contribution in [2.24, 2.45) is 0 Å². The highest BCUT2D eigenvalue weighted by Crippen LogP contribution is 2.23. The van der Waals surface area contributed by atoms with Crippen LogP contribution in [-0.2, 0) is 5.75 Å². The van der Waals surface area contributed by atoms with E-state index in [1.165, 1.54) is 11.8 Å². The fraction of sp³-hybridized carbons (Fsp3) is 0.0833. The first-order valence-corrected chi connectivity index (χ1v) is 5.73. The first-order chi connectivity index (χ1) is 7.75. The summed E-state index contributed by atoms with van der Waals surface area (Å²) in [4.78, 5) is 3.51. The summed E-state index contributed by atoms with van der Waals surface area (Å²) in [5.41, 5.74) is 1.05. The Morgan fingerprint density at radius 2 is 1.75 bits per heavy atom. The van der Waals surface area contributed by atoms with E-state index in [1.807, 2.05) is 30.3 Å². The Balaban J connectivity index is 2.08. The van der Waals surface area contributed by atoms with E-state index in [9.17, 15) is 8.78 Å². The molecule has 16 heavy (non-hydrogen) atoms. The van der Waals surface area contributed by atoms with Crippen molar-refractivity contribution < 1.29 is 8.78 Å². The summed E-state index contributed by atoms with van der Waals surface area (Å²) in [6, 6.07) is 11.7. The molecule has 0 fully saturated rings. The van der Waals surface area contributed by atoms with Crippen LogP contribution in [-0.4, -0.2) is 4.98 Å². The van der Waals surface area contributed by atoms with E-state index in [4.69, 9.17) is 0 Å². The first kappa shape index (κ1) is 11.1. The average molecular weight is 237 g/mol. The van der Waals surface area contributed by atoms with Gasteiger partial charge in [-0.3, -0.25) is 0 Å². The summed E-state index contributed by atoms with van der Waals surface area (Å²) >= 11 is 1.19. The van der Waals surface area contributed by atoms with Crippen molar-refractivity contribution in [2.45, 2.75) is 10.8 Å². The number of hydrogen-bond donors (Lipinski definition) is 0. The monoisotopic (exact) mass is 237 g/mol. The third-order valence-electron chi connectivity index (χ3n) is 2.00. The minimum Gasteiger partial charge on any atom is -0.210 e. The summed E-state index contributed by atoms with van der Waals surface area (Å²) in [5.74, 6) is -0.562. The van der Waals surface area contributed by atoms with Crippen LogP contribution in [0.15, 0.2) is 47.5 Å². The Labute approximate surface area is 96.5 Å². The van der Waals surface area contributed by atoms with Crippen molar-refractivity contribution in [3.8, 4) is 0 Å². The van der Waals surface area contributed by atoms with Gasteiger partial charge < -0.3 is 0 Å². The Morgan fingerprint density at radius 3 is 2.50 bits per heavy atom. The standard InChI is InChI=1S/C12H9F2NS/c13-10-6-7-11(14)15-12(10)16-8-9-4-2-1-3-5-9/h1-7H,8H2. The highest BCUT2D eigenvalue weighted by atomic mass is 32.2. The minimum absolute atomic E-state index is 0.101. The van der Waals surface area contributed by atoms with Crippen LogP contribution in [0.5, 0.6) is 0 Å². The molecule has 4 heteroatoms. The zero-order chi connectivity index (χ0) is 11.4. The molecule has 1 nitrogen and oxygen atoms in total. The molecule has 0 saturated heterocycles. The SMILES string of the molecule is Fc1ccc(F)c(SCc2ccccc2)n1. The van der Waals surface area contributed by atoms with Gasteiger partial charge in [-0.2, -0.15) is 4.39 Å². The van der Waals surface area contributed by atoms with E-state index in [0.717, 1.165) is 17.7 Å². The fourth-order valence-electron chi connectivity index (χ4n) is 1.23. The van der Waals surface area contributed by atoms with Crippen molar-refractivity contribution in [1.82, 2.24) is 4.98 Å². The zero-order valence-electron chi connectivity index (χ0n) is 8.36. The third-order valence-corrected chi connectivity index (χ3v) is 3.04. The van der Waals surface area contributed by atoms with E-state index in [2.05, 4.69) is 4.98 Å². The van der Waals surface area contributed by atoms with Crippen LogP contribution in [0.25, 0.3) is 0 Å². The van der Waals surface area contributed by atoms with Crippen LogP contribution < -0.4 is 0 Å². The van der Waals surface area contributed by atoms with Crippen molar-refractivity contribution in [1.29, 1.82) is 0 Å². The van der Waals surface area contributed by atoms with Gasteiger partial charge in [0.25, 0.3) is 0 Å². The lowest BCUT2D eigenvalue weighted by Crippen LogP contribution is -1.91. The molecule has 0 aliphatic heterocycles. The molecule has 0 bridgehead atoms. The second-order valence-electron chi connectivity index (χ2n) is 3.20. The van der Waals surface area contributed by atoms with Crippen molar-refractivity contribution >= 4 is 11.8 Å². The summed E-state index contributed by atoms with van der Waals surface area (Å²) < 4.78 is 26.0. The molecule has 0 radical (unpaired) electrons. The van der Waals surface area contributed by atoms with Crippen molar-refractivity contribution in [2.75, 3.05) is 0 Å². The van der Waals surface area contributed by atoms with Crippen LogP contribution >= 0.6 is 11.8 Å². The molecule has 0 saturated carbocycles. The molecule has 0 atom stereocenters. The highest BCUT2D eigenvalue weighted by Gasteiger charge is 2.06. The lowest BCUT2D eigenvalue weighted by molar-refractivity contribution is 0.530. The number of nitrogens with zero attached hydrogens (tertiary/aromatic N) is 1. The highest BCUT2D eigenvalue weighted by molar-refractivity contribution is 7.98. The maximum absolute atomic E-state index is 13.2. The molecule has 0 N–H and O–H groups in total. The van der Waals surface area contributed by atoms with Gasteiger partial charge in [0, 0.05) is 5.75 Å². The normalized spacial score (nSPS) is 10.4. The predicted molar refractivity (Wildman–Crippen MR) is 60.2 cm³/mol. The number of pyridine rings is 1. The number of halogens is 2. The molecule has 82 valence electrons. The van der Waals surface area contributed by atoms with Crippen LogP contribution in [0.3, 0.4) is 0 Å². The summed E-state index contributed by atoms with van der Waals surface area (Å²) in [7, 11) is 0. The van der Waals surface area contributed by atoms with Gasteiger partial charge in [0.2, 0.25) is 5.95 Å². The van der Waals surface area contributed by atoms with Gasteiger partial charge in [-0.15, -0.1) is 0 Å². The molecule has 1 aromatic carbocycles. The van der Waals surface area contributed by atoms with Gasteiger partial charge in [0.05, 0.1) is 0 Å². The van der Waals surface area contributed by atoms with Gasteiger partial charge in [0.15, 0.2) is 5.82 Å². The molecule has 0 aliphatic carbocycles.